The summed E-state index contributed by atoms with van der Waals surface area (Å²) in [5, 5.41) is 17.2. The molecule has 0 bridgehead atoms. The lowest BCUT2D eigenvalue weighted by molar-refractivity contribution is 0.194. The molecule has 1 aromatic heterocycles. The van der Waals surface area contributed by atoms with Crippen LogP contribution in [-0.4, -0.2) is 44.6 Å². The number of hydrogen-bond donors (Lipinski definition) is 1. The molecule has 2 heterocycles. The van der Waals surface area contributed by atoms with Gasteiger partial charge in [-0.1, -0.05) is 5.21 Å². The SMILES string of the molecule is CC(O)c1cn(CCCN2CCCC2)nn1. The van der Waals surface area contributed by atoms with Gasteiger partial charge in [-0.2, -0.15) is 0 Å². The first-order valence-electron chi connectivity index (χ1n) is 6.06. The Morgan fingerprint density at radius 2 is 2.12 bits per heavy atom. The van der Waals surface area contributed by atoms with Gasteiger partial charge in [0.05, 0.1) is 12.3 Å². The topological polar surface area (TPSA) is 54.2 Å². The average molecular weight is 224 g/mol. The molecule has 0 aliphatic carbocycles. The number of rotatable bonds is 5. The highest BCUT2D eigenvalue weighted by atomic mass is 16.3. The molecule has 1 atom stereocenters. The average Bonchev–Trinajstić information content (AvgIpc) is 2.87. The molecule has 1 fully saturated rings. The van der Waals surface area contributed by atoms with E-state index in [0.29, 0.717) is 5.69 Å². The van der Waals surface area contributed by atoms with Crippen molar-refractivity contribution in [2.45, 2.75) is 38.8 Å². The van der Waals surface area contributed by atoms with Crippen LogP contribution < -0.4 is 0 Å². The Morgan fingerprint density at radius 1 is 1.38 bits per heavy atom. The van der Waals surface area contributed by atoms with Crippen molar-refractivity contribution in [3.63, 3.8) is 0 Å². The van der Waals surface area contributed by atoms with E-state index in [9.17, 15) is 5.11 Å². The highest BCUT2D eigenvalue weighted by Gasteiger charge is 2.11. The van der Waals surface area contributed by atoms with Crippen molar-refractivity contribution < 1.29 is 5.11 Å². The summed E-state index contributed by atoms with van der Waals surface area (Å²) in [7, 11) is 0. The third-order valence-electron chi connectivity index (χ3n) is 3.04. The quantitative estimate of drug-likeness (QED) is 0.804. The van der Waals surface area contributed by atoms with Gasteiger partial charge in [0.1, 0.15) is 5.69 Å². The summed E-state index contributed by atoms with van der Waals surface area (Å²) in [6, 6.07) is 0. The normalized spacial score (nSPS) is 19.1. The lowest BCUT2D eigenvalue weighted by atomic mass is 10.3. The second kappa shape index (κ2) is 5.41. The number of nitrogens with zero attached hydrogens (tertiary/aromatic N) is 4. The summed E-state index contributed by atoms with van der Waals surface area (Å²) in [5.41, 5.74) is 0.654. The molecule has 5 nitrogen and oxygen atoms in total. The lowest BCUT2D eigenvalue weighted by Gasteiger charge is -2.13. The molecule has 0 amide bonds. The number of aliphatic hydroxyl groups excluding tert-OH is 1. The molecule has 1 N–H and O–H groups in total. The van der Waals surface area contributed by atoms with Gasteiger partial charge in [-0.05, 0) is 45.8 Å². The number of aryl methyl sites for hydroxylation is 1. The second-order valence-corrected chi connectivity index (χ2v) is 4.48. The second-order valence-electron chi connectivity index (χ2n) is 4.48. The van der Waals surface area contributed by atoms with E-state index < -0.39 is 6.10 Å². The maximum absolute atomic E-state index is 9.31. The third kappa shape index (κ3) is 3.02. The molecule has 1 aliphatic heterocycles. The Kier molecular flexibility index (Phi) is 3.90. The fraction of sp³-hybridized carbons (Fsp3) is 0.818. The number of likely N-dealkylation sites (tertiary alicyclic amines) is 1. The van der Waals surface area contributed by atoms with Gasteiger partial charge in [-0.15, -0.1) is 5.10 Å². The Labute approximate surface area is 96.1 Å². The van der Waals surface area contributed by atoms with Crippen LogP contribution in [0.25, 0.3) is 0 Å². The molecular weight excluding hydrogens is 204 g/mol. The van der Waals surface area contributed by atoms with Crippen LogP contribution in [0.5, 0.6) is 0 Å². The minimum Gasteiger partial charge on any atom is -0.387 e. The molecule has 1 aliphatic rings. The number of hydrogen-bond acceptors (Lipinski definition) is 4. The zero-order chi connectivity index (χ0) is 11.4. The van der Waals surface area contributed by atoms with Crippen molar-refractivity contribution in [1.82, 2.24) is 19.9 Å². The van der Waals surface area contributed by atoms with Crippen LogP contribution in [0.2, 0.25) is 0 Å². The first-order chi connectivity index (χ1) is 7.75. The molecule has 5 heteroatoms. The molecule has 1 unspecified atom stereocenters. The smallest absolute Gasteiger partial charge is 0.111 e. The molecule has 0 aromatic carbocycles. The zero-order valence-corrected chi connectivity index (χ0v) is 9.84. The van der Waals surface area contributed by atoms with E-state index in [-0.39, 0.29) is 0 Å². The van der Waals surface area contributed by atoms with Crippen molar-refractivity contribution in [3.05, 3.63) is 11.9 Å². The van der Waals surface area contributed by atoms with Crippen LogP contribution in [0.15, 0.2) is 6.20 Å². The standard InChI is InChI=1S/C11H20N4O/c1-10(16)11-9-15(13-12-11)8-4-7-14-5-2-3-6-14/h9-10,16H,2-8H2,1H3. The van der Waals surface area contributed by atoms with Gasteiger partial charge in [0.15, 0.2) is 0 Å². The van der Waals surface area contributed by atoms with Gasteiger partial charge in [0.25, 0.3) is 0 Å². The Bertz CT molecular complexity index is 318. The van der Waals surface area contributed by atoms with E-state index in [4.69, 9.17) is 0 Å². The molecule has 2 rings (SSSR count). The van der Waals surface area contributed by atoms with Crippen molar-refractivity contribution in [2.24, 2.45) is 0 Å². The summed E-state index contributed by atoms with van der Waals surface area (Å²) >= 11 is 0. The molecule has 16 heavy (non-hydrogen) atoms. The van der Waals surface area contributed by atoms with Crippen molar-refractivity contribution in [2.75, 3.05) is 19.6 Å². The van der Waals surface area contributed by atoms with Gasteiger partial charge in [0.2, 0.25) is 0 Å². The summed E-state index contributed by atoms with van der Waals surface area (Å²) in [4.78, 5) is 2.49. The van der Waals surface area contributed by atoms with E-state index >= 15 is 0 Å². The van der Waals surface area contributed by atoms with Gasteiger partial charge < -0.3 is 10.0 Å². The predicted octanol–water partition coefficient (Wildman–Crippen LogP) is 0.817. The summed E-state index contributed by atoms with van der Waals surface area (Å²) in [5.74, 6) is 0. The van der Waals surface area contributed by atoms with Crippen LogP contribution in [0.1, 0.15) is 38.0 Å². The van der Waals surface area contributed by atoms with Gasteiger partial charge in [-0.25, -0.2) is 0 Å². The zero-order valence-electron chi connectivity index (χ0n) is 9.84. The summed E-state index contributed by atoms with van der Waals surface area (Å²) in [6.45, 7) is 6.23. The number of aliphatic hydroxyl groups is 1. The van der Waals surface area contributed by atoms with Gasteiger partial charge in [0, 0.05) is 6.54 Å². The molecule has 0 saturated carbocycles. The molecule has 1 aromatic rings. The number of aromatic nitrogens is 3. The van der Waals surface area contributed by atoms with Crippen LogP contribution in [0, 0.1) is 0 Å². The first-order valence-corrected chi connectivity index (χ1v) is 6.06. The van der Waals surface area contributed by atoms with Gasteiger partial charge in [-0.3, -0.25) is 4.68 Å². The van der Waals surface area contributed by atoms with E-state index in [2.05, 4.69) is 15.2 Å². The highest BCUT2D eigenvalue weighted by Crippen LogP contribution is 2.09. The maximum Gasteiger partial charge on any atom is 0.111 e. The van der Waals surface area contributed by atoms with Crippen LogP contribution in [-0.2, 0) is 6.54 Å². The predicted molar refractivity (Wildman–Crippen MR) is 60.9 cm³/mol. The minimum atomic E-state index is -0.521. The molecule has 1 saturated heterocycles. The molecule has 90 valence electrons. The largest absolute Gasteiger partial charge is 0.387 e. The summed E-state index contributed by atoms with van der Waals surface area (Å²) in [6.07, 6.45) is 5.09. The van der Waals surface area contributed by atoms with Crippen LogP contribution in [0.4, 0.5) is 0 Å². The monoisotopic (exact) mass is 224 g/mol. The summed E-state index contributed by atoms with van der Waals surface area (Å²) < 4.78 is 1.82. The van der Waals surface area contributed by atoms with Crippen LogP contribution in [0.3, 0.4) is 0 Å². The Hall–Kier alpha value is -0.940. The fourth-order valence-electron chi connectivity index (χ4n) is 2.08. The fourth-order valence-corrected chi connectivity index (χ4v) is 2.08. The van der Waals surface area contributed by atoms with E-state index in [1.807, 2.05) is 10.9 Å². The van der Waals surface area contributed by atoms with Crippen molar-refractivity contribution >= 4 is 0 Å². The van der Waals surface area contributed by atoms with E-state index in [1.54, 1.807) is 6.92 Å². The molecular formula is C11H20N4O. The Balaban J connectivity index is 1.72. The van der Waals surface area contributed by atoms with Crippen molar-refractivity contribution in [3.8, 4) is 0 Å². The molecule has 0 radical (unpaired) electrons. The van der Waals surface area contributed by atoms with E-state index in [1.165, 1.54) is 25.9 Å². The van der Waals surface area contributed by atoms with Crippen LogP contribution >= 0.6 is 0 Å². The Morgan fingerprint density at radius 3 is 2.75 bits per heavy atom. The minimum absolute atomic E-state index is 0.521. The highest BCUT2D eigenvalue weighted by molar-refractivity contribution is 4.95. The lowest BCUT2D eigenvalue weighted by Crippen LogP contribution is -2.21. The van der Waals surface area contributed by atoms with Gasteiger partial charge >= 0.3 is 0 Å². The van der Waals surface area contributed by atoms with E-state index in [0.717, 1.165) is 19.5 Å². The van der Waals surface area contributed by atoms with Crippen molar-refractivity contribution in [1.29, 1.82) is 0 Å². The molecule has 0 spiro atoms. The third-order valence-corrected chi connectivity index (χ3v) is 3.04. The first kappa shape index (κ1) is 11.5. The maximum atomic E-state index is 9.31.